The molecule has 0 aliphatic heterocycles. The Morgan fingerprint density at radius 2 is 1.90 bits per heavy atom. The molecule has 2 rings (SSSR count). The number of esters is 1. The molecular formula is C19H20F3N3O4S. The monoisotopic (exact) mass is 443 g/mol. The lowest BCUT2D eigenvalue weighted by atomic mass is 10.1. The summed E-state index contributed by atoms with van der Waals surface area (Å²) in [4.78, 5) is 36.9. The van der Waals surface area contributed by atoms with Crippen LogP contribution < -0.4 is 16.0 Å². The van der Waals surface area contributed by atoms with Gasteiger partial charge in [0.1, 0.15) is 5.00 Å². The Bertz CT molecular complexity index is 957. The van der Waals surface area contributed by atoms with Crippen molar-refractivity contribution in [3.05, 3.63) is 45.8 Å². The Kier molecular flexibility index (Phi) is 7.43. The van der Waals surface area contributed by atoms with E-state index in [4.69, 9.17) is 4.74 Å². The van der Waals surface area contributed by atoms with Crippen molar-refractivity contribution >= 4 is 39.8 Å². The molecule has 1 heterocycles. The molecule has 0 bridgehead atoms. The van der Waals surface area contributed by atoms with Gasteiger partial charge in [-0.05, 0) is 37.6 Å². The molecule has 0 fully saturated rings. The van der Waals surface area contributed by atoms with Crippen LogP contribution in [0.5, 0.6) is 0 Å². The second kappa shape index (κ2) is 9.61. The van der Waals surface area contributed by atoms with E-state index in [1.54, 1.807) is 13.8 Å². The van der Waals surface area contributed by atoms with Gasteiger partial charge in [0.05, 0.1) is 29.2 Å². The lowest BCUT2D eigenvalue weighted by molar-refractivity contribution is -0.137. The predicted molar refractivity (Wildman–Crippen MR) is 107 cm³/mol. The summed E-state index contributed by atoms with van der Waals surface area (Å²) in [5.41, 5.74) is -0.313. The van der Waals surface area contributed by atoms with Gasteiger partial charge in [-0.2, -0.15) is 13.2 Å². The molecule has 1 aromatic carbocycles. The summed E-state index contributed by atoms with van der Waals surface area (Å²) in [6, 6.07) is 4.42. The number of benzene rings is 1. The molecule has 2 aromatic rings. The lowest BCUT2D eigenvalue weighted by Crippen LogP contribution is -2.22. The molecule has 0 saturated carbocycles. The Labute approximate surface area is 174 Å². The van der Waals surface area contributed by atoms with E-state index in [1.165, 1.54) is 19.2 Å². The highest BCUT2D eigenvalue weighted by molar-refractivity contribution is 7.18. The minimum atomic E-state index is -4.50. The van der Waals surface area contributed by atoms with Crippen LogP contribution in [0.4, 0.5) is 23.9 Å². The van der Waals surface area contributed by atoms with Crippen LogP contribution >= 0.6 is 11.3 Å². The molecule has 11 heteroatoms. The molecule has 162 valence electrons. The Balaban J connectivity index is 2.18. The zero-order valence-corrected chi connectivity index (χ0v) is 17.2. The minimum Gasteiger partial charge on any atom is -0.462 e. The number of rotatable bonds is 7. The molecule has 0 aliphatic carbocycles. The fourth-order valence-corrected chi connectivity index (χ4v) is 3.70. The van der Waals surface area contributed by atoms with Crippen LogP contribution in [0.1, 0.15) is 38.1 Å². The highest BCUT2D eigenvalue weighted by Crippen LogP contribution is 2.34. The van der Waals surface area contributed by atoms with E-state index in [0.717, 1.165) is 23.5 Å². The predicted octanol–water partition coefficient (Wildman–Crippen LogP) is 3.66. The number of ether oxygens (including phenoxy) is 1. The summed E-state index contributed by atoms with van der Waals surface area (Å²) >= 11 is 0.907. The molecule has 2 amide bonds. The zero-order chi connectivity index (χ0) is 22.5. The third-order valence-electron chi connectivity index (χ3n) is 3.96. The highest BCUT2D eigenvalue weighted by Gasteiger charge is 2.30. The van der Waals surface area contributed by atoms with Crippen molar-refractivity contribution in [1.82, 2.24) is 5.32 Å². The molecule has 1 aromatic heterocycles. The molecule has 7 nitrogen and oxygen atoms in total. The number of nitrogens with one attached hydrogen (secondary N) is 3. The second-order valence-electron chi connectivity index (χ2n) is 6.04. The number of alkyl halides is 3. The topological polar surface area (TPSA) is 96.5 Å². The normalized spacial score (nSPS) is 11.0. The van der Waals surface area contributed by atoms with Gasteiger partial charge in [-0.1, -0.05) is 6.07 Å². The number of thiophene rings is 1. The first kappa shape index (κ1) is 23.2. The minimum absolute atomic E-state index is 0.0628. The Hall–Kier alpha value is -3.08. The second-order valence-corrected chi connectivity index (χ2v) is 7.06. The van der Waals surface area contributed by atoms with Gasteiger partial charge in [0.25, 0.3) is 5.91 Å². The van der Waals surface area contributed by atoms with Crippen LogP contribution in [0.25, 0.3) is 0 Å². The van der Waals surface area contributed by atoms with E-state index in [0.29, 0.717) is 5.56 Å². The summed E-state index contributed by atoms with van der Waals surface area (Å²) in [5.74, 6) is -1.73. The van der Waals surface area contributed by atoms with Crippen molar-refractivity contribution in [3.63, 3.8) is 0 Å². The molecular weight excluding hydrogens is 423 g/mol. The van der Waals surface area contributed by atoms with Crippen molar-refractivity contribution in [3.8, 4) is 0 Å². The molecule has 0 unspecified atom stereocenters. The molecule has 0 spiro atoms. The number of halogens is 3. The fraction of sp³-hybridized carbons (Fsp3) is 0.316. The summed E-state index contributed by atoms with van der Waals surface area (Å²) < 4.78 is 43.4. The SMILES string of the molecule is CCOC(=O)c1c(NC(=O)CNc2cccc(C(F)(F)F)c2)sc(C(=O)NC)c1C. The van der Waals surface area contributed by atoms with E-state index in [9.17, 15) is 27.6 Å². The fourth-order valence-electron chi connectivity index (χ4n) is 2.54. The van der Waals surface area contributed by atoms with Crippen LogP contribution in [0.15, 0.2) is 24.3 Å². The maximum atomic E-state index is 12.8. The van der Waals surface area contributed by atoms with Crippen LogP contribution in [0.3, 0.4) is 0 Å². The van der Waals surface area contributed by atoms with Gasteiger partial charge in [0, 0.05) is 12.7 Å². The molecule has 0 atom stereocenters. The van der Waals surface area contributed by atoms with Crippen molar-refractivity contribution in [1.29, 1.82) is 0 Å². The average molecular weight is 443 g/mol. The van der Waals surface area contributed by atoms with Crippen molar-refractivity contribution in [2.75, 3.05) is 30.8 Å². The number of carbonyl (C=O) groups is 3. The summed E-state index contributed by atoms with van der Waals surface area (Å²) in [7, 11) is 1.43. The van der Waals surface area contributed by atoms with Crippen molar-refractivity contribution < 1.29 is 32.3 Å². The Morgan fingerprint density at radius 1 is 1.20 bits per heavy atom. The Morgan fingerprint density at radius 3 is 2.50 bits per heavy atom. The third kappa shape index (κ3) is 5.50. The van der Waals surface area contributed by atoms with Crippen LogP contribution in [-0.4, -0.2) is 38.0 Å². The van der Waals surface area contributed by atoms with Gasteiger partial charge in [-0.25, -0.2) is 4.79 Å². The summed E-state index contributed by atoms with van der Waals surface area (Å²) in [6.45, 7) is 2.93. The maximum absolute atomic E-state index is 12.8. The lowest BCUT2D eigenvalue weighted by Gasteiger charge is -2.11. The van der Waals surface area contributed by atoms with E-state index in [-0.39, 0.29) is 34.3 Å². The van der Waals surface area contributed by atoms with Crippen molar-refractivity contribution in [2.24, 2.45) is 0 Å². The molecule has 3 N–H and O–H groups in total. The van der Waals surface area contributed by atoms with E-state index < -0.39 is 29.5 Å². The first-order valence-electron chi connectivity index (χ1n) is 8.82. The van der Waals surface area contributed by atoms with E-state index in [1.807, 2.05) is 0 Å². The van der Waals surface area contributed by atoms with Gasteiger partial charge in [-0.15, -0.1) is 11.3 Å². The van der Waals surface area contributed by atoms with E-state index in [2.05, 4.69) is 16.0 Å². The first-order valence-corrected chi connectivity index (χ1v) is 9.63. The molecule has 30 heavy (non-hydrogen) atoms. The summed E-state index contributed by atoms with van der Waals surface area (Å²) in [6.07, 6.45) is -4.50. The number of carbonyl (C=O) groups excluding carboxylic acids is 3. The highest BCUT2D eigenvalue weighted by atomic mass is 32.1. The smallest absolute Gasteiger partial charge is 0.416 e. The zero-order valence-electron chi connectivity index (χ0n) is 16.4. The van der Waals surface area contributed by atoms with E-state index >= 15 is 0 Å². The van der Waals surface area contributed by atoms with Gasteiger partial charge >= 0.3 is 12.1 Å². The van der Waals surface area contributed by atoms with Gasteiger partial charge in [0.15, 0.2) is 0 Å². The summed E-state index contributed by atoms with van der Waals surface area (Å²) in [5, 5.41) is 7.70. The standard InChI is InChI=1S/C19H20F3N3O4S/c1-4-29-18(28)14-10(2)15(16(27)23-3)30-17(14)25-13(26)9-24-12-7-5-6-11(8-12)19(20,21)22/h5-8,24H,4,9H2,1-3H3,(H,23,27)(H,25,26). The maximum Gasteiger partial charge on any atom is 0.416 e. The average Bonchev–Trinajstić information content (AvgIpc) is 3.01. The van der Waals surface area contributed by atoms with Gasteiger partial charge < -0.3 is 20.7 Å². The molecule has 0 saturated heterocycles. The largest absolute Gasteiger partial charge is 0.462 e. The molecule has 0 aliphatic rings. The number of hydrogen-bond donors (Lipinski definition) is 3. The number of amides is 2. The van der Waals surface area contributed by atoms with Gasteiger partial charge in [-0.3, -0.25) is 9.59 Å². The first-order chi connectivity index (χ1) is 14.1. The van der Waals surface area contributed by atoms with Crippen molar-refractivity contribution in [2.45, 2.75) is 20.0 Å². The van der Waals surface area contributed by atoms with Gasteiger partial charge in [0.2, 0.25) is 5.91 Å². The van der Waals surface area contributed by atoms with Crippen LogP contribution in [0, 0.1) is 6.92 Å². The number of anilines is 2. The third-order valence-corrected chi connectivity index (χ3v) is 5.16. The number of hydrogen-bond acceptors (Lipinski definition) is 6. The quantitative estimate of drug-likeness (QED) is 0.568. The van der Waals surface area contributed by atoms with Crippen LogP contribution in [0.2, 0.25) is 0 Å². The van der Waals surface area contributed by atoms with Crippen LogP contribution in [-0.2, 0) is 15.7 Å². The molecule has 0 radical (unpaired) electrons.